The number of amides is 3. The van der Waals surface area contributed by atoms with Crippen molar-refractivity contribution >= 4 is 35.0 Å². The van der Waals surface area contributed by atoms with Crippen LogP contribution in [0.1, 0.15) is 53.4 Å². The van der Waals surface area contributed by atoms with E-state index in [4.69, 9.17) is 16.3 Å². The minimum Gasteiger partial charge on any atom is -0.359 e. The molecule has 0 aromatic heterocycles. The third-order valence-corrected chi connectivity index (χ3v) is 9.38. The van der Waals surface area contributed by atoms with Crippen LogP contribution >= 0.6 is 11.6 Å². The van der Waals surface area contributed by atoms with Crippen LogP contribution in [-0.4, -0.2) is 53.0 Å². The third kappa shape index (κ3) is 4.53. The Morgan fingerprint density at radius 3 is 2.71 bits per heavy atom. The number of hydrogen-bond donors (Lipinski definition) is 2. The Bertz CT molecular complexity index is 1160. The lowest BCUT2D eigenvalue weighted by Crippen LogP contribution is -2.58. The topological polar surface area (TPSA) is 87.7 Å². The number of anilines is 1. The molecule has 5 rings (SSSR count). The van der Waals surface area contributed by atoms with Gasteiger partial charge >= 0.3 is 0 Å². The van der Waals surface area contributed by atoms with E-state index in [-0.39, 0.29) is 22.9 Å². The molecule has 7 nitrogen and oxygen atoms in total. The lowest BCUT2D eigenvalue weighted by molar-refractivity contribution is -0.141. The molecule has 2 N–H and O–H groups in total. The van der Waals surface area contributed by atoms with E-state index in [0.717, 1.165) is 25.7 Å². The second-order valence-corrected chi connectivity index (χ2v) is 12.3. The molecule has 2 bridgehead atoms. The summed E-state index contributed by atoms with van der Waals surface area (Å²) in [7, 11) is 0. The van der Waals surface area contributed by atoms with Crippen LogP contribution in [0.3, 0.4) is 0 Å². The summed E-state index contributed by atoms with van der Waals surface area (Å²) < 4.78 is 20.0. The van der Waals surface area contributed by atoms with Crippen molar-refractivity contribution in [2.24, 2.45) is 29.6 Å². The first-order valence-electron chi connectivity index (χ1n) is 13.8. The van der Waals surface area contributed by atoms with Crippen LogP contribution in [0.5, 0.6) is 0 Å². The van der Waals surface area contributed by atoms with E-state index in [2.05, 4.69) is 38.3 Å². The summed E-state index contributed by atoms with van der Waals surface area (Å²) in [4.78, 5) is 43.0. The second kappa shape index (κ2) is 10.3. The SMILES string of the molecule is CC(C)CCN1C(=O)[C@H]2[C@H](C(=O)Nc3ccc(F)c(Cl)c3)[C@H]3C=C[C@@]2(O3)[C@@H]1C(=O)N[C@@H]1CCC[C@H](C)[C@H]1C. The lowest BCUT2D eigenvalue weighted by Gasteiger charge is -2.38. The molecule has 206 valence electrons. The van der Waals surface area contributed by atoms with E-state index < -0.39 is 41.3 Å². The Morgan fingerprint density at radius 1 is 1.24 bits per heavy atom. The number of benzene rings is 1. The fourth-order valence-electron chi connectivity index (χ4n) is 6.75. The van der Waals surface area contributed by atoms with Gasteiger partial charge in [0.1, 0.15) is 17.5 Å². The summed E-state index contributed by atoms with van der Waals surface area (Å²) in [6.45, 7) is 8.95. The number of hydrogen-bond acceptors (Lipinski definition) is 4. The molecule has 3 amide bonds. The van der Waals surface area contributed by atoms with Crippen LogP contribution in [0.15, 0.2) is 30.4 Å². The number of carbonyl (C=O) groups excluding carboxylic acids is 3. The Hall–Kier alpha value is -2.45. The van der Waals surface area contributed by atoms with Gasteiger partial charge in [-0.3, -0.25) is 14.4 Å². The Balaban J connectivity index is 1.43. The Morgan fingerprint density at radius 2 is 2.00 bits per heavy atom. The molecule has 1 spiro atoms. The zero-order valence-corrected chi connectivity index (χ0v) is 23.1. The first-order valence-corrected chi connectivity index (χ1v) is 14.1. The van der Waals surface area contributed by atoms with Gasteiger partial charge in [0.2, 0.25) is 17.7 Å². The predicted molar refractivity (Wildman–Crippen MR) is 143 cm³/mol. The number of rotatable bonds is 7. The molecule has 3 heterocycles. The molecular formula is C29H37ClFN3O4. The average Bonchev–Trinajstić information content (AvgIpc) is 3.50. The minimum atomic E-state index is -1.20. The molecule has 3 aliphatic heterocycles. The van der Waals surface area contributed by atoms with Gasteiger partial charge in [-0.1, -0.05) is 64.3 Å². The largest absolute Gasteiger partial charge is 0.359 e. The van der Waals surface area contributed by atoms with Gasteiger partial charge in [0, 0.05) is 18.3 Å². The Kier molecular flexibility index (Phi) is 7.33. The van der Waals surface area contributed by atoms with Gasteiger partial charge in [0.15, 0.2) is 0 Å². The Labute approximate surface area is 228 Å². The molecule has 0 unspecified atom stereocenters. The van der Waals surface area contributed by atoms with E-state index in [9.17, 15) is 18.8 Å². The van der Waals surface area contributed by atoms with Crippen molar-refractivity contribution in [2.75, 3.05) is 11.9 Å². The van der Waals surface area contributed by atoms with E-state index in [1.54, 1.807) is 11.0 Å². The molecular weight excluding hydrogens is 509 g/mol. The monoisotopic (exact) mass is 545 g/mol. The van der Waals surface area contributed by atoms with E-state index in [1.165, 1.54) is 18.2 Å². The van der Waals surface area contributed by atoms with E-state index >= 15 is 0 Å². The highest BCUT2D eigenvalue weighted by atomic mass is 35.5. The molecule has 1 aliphatic carbocycles. The highest BCUT2D eigenvalue weighted by molar-refractivity contribution is 6.31. The molecule has 2 saturated heterocycles. The number of likely N-dealkylation sites (tertiary alicyclic amines) is 1. The average molecular weight is 546 g/mol. The fourth-order valence-corrected chi connectivity index (χ4v) is 6.93. The second-order valence-electron chi connectivity index (χ2n) is 11.9. The highest BCUT2D eigenvalue weighted by Gasteiger charge is 2.72. The van der Waals surface area contributed by atoms with Gasteiger partial charge in [-0.15, -0.1) is 0 Å². The van der Waals surface area contributed by atoms with Crippen molar-refractivity contribution in [3.8, 4) is 0 Å². The molecule has 1 aromatic carbocycles. The molecule has 1 saturated carbocycles. The maximum absolute atomic E-state index is 14.0. The zero-order chi connectivity index (χ0) is 27.4. The van der Waals surface area contributed by atoms with Crippen LogP contribution in [-0.2, 0) is 19.1 Å². The van der Waals surface area contributed by atoms with Crippen molar-refractivity contribution in [3.05, 3.63) is 41.2 Å². The first-order chi connectivity index (χ1) is 18.0. The smallest absolute Gasteiger partial charge is 0.246 e. The maximum Gasteiger partial charge on any atom is 0.246 e. The summed E-state index contributed by atoms with van der Waals surface area (Å²) in [5.74, 6) is -1.92. The standard InChI is InChI=1S/C29H37ClFN3O4/c1-15(2)11-13-34-25(27(36)33-21-7-5-6-16(3)17(21)4)29-12-10-22(38-29)23(24(29)28(34)37)26(35)32-18-8-9-20(31)19(30)14-18/h8-10,12,14-17,21-25H,5-7,11,13H2,1-4H3,(H,32,35)(H,33,36)/t16-,17+,21+,22+,23+,24+,25-,29-/m0/s1. The summed E-state index contributed by atoms with van der Waals surface area (Å²) in [5.41, 5.74) is -0.867. The van der Waals surface area contributed by atoms with Gasteiger partial charge in [-0.2, -0.15) is 0 Å². The maximum atomic E-state index is 14.0. The van der Waals surface area contributed by atoms with Crippen molar-refractivity contribution in [3.63, 3.8) is 0 Å². The van der Waals surface area contributed by atoms with Gasteiger partial charge in [-0.05, 0) is 48.8 Å². The first kappa shape index (κ1) is 27.1. The number of carbonyl (C=O) groups is 3. The zero-order valence-electron chi connectivity index (χ0n) is 22.4. The highest BCUT2D eigenvalue weighted by Crippen LogP contribution is 2.55. The van der Waals surface area contributed by atoms with Crippen LogP contribution in [0, 0.1) is 35.4 Å². The third-order valence-electron chi connectivity index (χ3n) is 9.09. The number of ether oxygens (including phenoxy) is 1. The summed E-state index contributed by atoms with van der Waals surface area (Å²) >= 11 is 5.90. The van der Waals surface area contributed by atoms with Gasteiger partial charge < -0.3 is 20.3 Å². The molecule has 9 heteroatoms. The van der Waals surface area contributed by atoms with Gasteiger partial charge in [0.25, 0.3) is 0 Å². The van der Waals surface area contributed by atoms with Crippen molar-refractivity contribution < 1.29 is 23.5 Å². The van der Waals surface area contributed by atoms with Gasteiger partial charge in [0.05, 0.1) is 23.0 Å². The summed E-state index contributed by atoms with van der Waals surface area (Å²) in [6, 6.07) is 3.13. The lowest BCUT2D eigenvalue weighted by atomic mass is 9.73. The van der Waals surface area contributed by atoms with Crippen molar-refractivity contribution in [2.45, 2.75) is 77.2 Å². The van der Waals surface area contributed by atoms with Crippen LogP contribution < -0.4 is 10.6 Å². The van der Waals surface area contributed by atoms with Crippen LogP contribution in [0.4, 0.5) is 10.1 Å². The number of nitrogens with zero attached hydrogens (tertiary/aromatic N) is 1. The summed E-state index contributed by atoms with van der Waals surface area (Å²) in [6.07, 6.45) is 6.83. The molecule has 8 atom stereocenters. The van der Waals surface area contributed by atoms with E-state index in [1.807, 2.05) is 6.08 Å². The summed E-state index contributed by atoms with van der Waals surface area (Å²) in [5, 5.41) is 5.94. The quantitative estimate of drug-likeness (QED) is 0.492. The predicted octanol–water partition coefficient (Wildman–Crippen LogP) is 4.56. The minimum absolute atomic E-state index is 0.0358. The fraction of sp³-hybridized carbons (Fsp3) is 0.621. The molecule has 3 fully saturated rings. The van der Waals surface area contributed by atoms with Crippen LogP contribution in [0.25, 0.3) is 0 Å². The molecule has 38 heavy (non-hydrogen) atoms. The van der Waals surface area contributed by atoms with Crippen LogP contribution in [0.2, 0.25) is 5.02 Å². The van der Waals surface area contributed by atoms with Crippen molar-refractivity contribution in [1.82, 2.24) is 10.2 Å². The molecule has 1 aromatic rings. The number of nitrogens with one attached hydrogen (secondary N) is 2. The molecule has 4 aliphatic rings. The van der Waals surface area contributed by atoms with E-state index in [0.29, 0.717) is 30.0 Å². The normalized spacial score (nSPS) is 35.6. The number of halogens is 2. The van der Waals surface area contributed by atoms with Crippen molar-refractivity contribution in [1.29, 1.82) is 0 Å². The molecule has 0 radical (unpaired) electrons. The number of fused-ring (bicyclic) bond motifs is 1. The van der Waals surface area contributed by atoms with Gasteiger partial charge in [-0.25, -0.2) is 4.39 Å².